The van der Waals surface area contributed by atoms with E-state index in [0.717, 1.165) is 18.4 Å². The minimum Gasteiger partial charge on any atom is -0.233 e. The van der Waals surface area contributed by atoms with Gasteiger partial charge in [0.15, 0.2) is 0 Å². The lowest BCUT2D eigenvalue weighted by atomic mass is 9.91. The Labute approximate surface area is 77.4 Å². The molecule has 0 unspecified atom stereocenters. The number of hydrogen-bond donors (Lipinski definition) is 0. The van der Waals surface area contributed by atoms with Crippen molar-refractivity contribution in [1.82, 2.24) is 0 Å². The molecule has 1 heteroatoms. The van der Waals surface area contributed by atoms with E-state index in [-0.39, 0.29) is 0 Å². The highest BCUT2D eigenvalue weighted by Gasteiger charge is 2.08. The summed E-state index contributed by atoms with van der Waals surface area (Å²) >= 11 is 0. The van der Waals surface area contributed by atoms with Crippen molar-refractivity contribution in [2.75, 3.05) is 0 Å². The van der Waals surface area contributed by atoms with Crippen molar-refractivity contribution < 1.29 is 4.79 Å². The van der Waals surface area contributed by atoms with Gasteiger partial charge in [-0.25, -0.2) is 4.79 Å². The molecule has 1 aliphatic carbocycles. The molecule has 0 amide bonds. The molecule has 0 bridgehead atoms. The van der Waals surface area contributed by atoms with Crippen LogP contribution in [-0.2, 0) is 11.2 Å². The van der Waals surface area contributed by atoms with Gasteiger partial charge in [0, 0.05) is 6.08 Å². The predicted molar refractivity (Wildman–Crippen MR) is 53.0 cm³/mol. The summed E-state index contributed by atoms with van der Waals surface area (Å²) in [5.74, 6) is 1.84. The number of rotatable bonds is 1. The number of benzene rings is 1. The molecule has 0 spiro atoms. The first-order valence-corrected chi connectivity index (χ1v) is 4.41. The third-order valence-corrected chi connectivity index (χ3v) is 2.32. The zero-order chi connectivity index (χ0) is 9.10. The van der Waals surface area contributed by atoms with Crippen molar-refractivity contribution in [3.63, 3.8) is 0 Å². The molecule has 0 aliphatic heterocycles. The second-order valence-electron chi connectivity index (χ2n) is 3.12. The van der Waals surface area contributed by atoms with Gasteiger partial charge in [0.05, 0.1) is 0 Å². The zero-order valence-corrected chi connectivity index (χ0v) is 7.29. The van der Waals surface area contributed by atoms with Crippen LogP contribution in [-0.4, -0.2) is 5.94 Å². The first-order chi connectivity index (χ1) is 6.42. The molecule has 0 saturated heterocycles. The summed E-state index contributed by atoms with van der Waals surface area (Å²) in [6, 6.07) is 8.19. The molecule has 1 aliphatic rings. The van der Waals surface area contributed by atoms with Crippen LogP contribution in [0.4, 0.5) is 0 Å². The summed E-state index contributed by atoms with van der Waals surface area (Å²) in [5, 5.41) is 0. The van der Waals surface area contributed by atoms with Crippen molar-refractivity contribution >= 4 is 11.5 Å². The van der Waals surface area contributed by atoms with Gasteiger partial charge >= 0.3 is 0 Å². The average Bonchev–Trinajstić information content (AvgIpc) is 2.19. The SMILES string of the molecule is O=C=CC1=CCCc2ccccc21. The van der Waals surface area contributed by atoms with Crippen LogP contribution in [0.2, 0.25) is 0 Å². The average molecular weight is 170 g/mol. The van der Waals surface area contributed by atoms with E-state index in [1.54, 1.807) is 0 Å². The molecule has 0 radical (unpaired) electrons. The second kappa shape index (κ2) is 3.42. The van der Waals surface area contributed by atoms with Crippen LogP contribution in [0.25, 0.3) is 5.57 Å². The summed E-state index contributed by atoms with van der Waals surface area (Å²) in [7, 11) is 0. The summed E-state index contributed by atoms with van der Waals surface area (Å²) in [6.07, 6.45) is 5.70. The van der Waals surface area contributed by atoms with Crippen LogP contribution in [0, 0.1) is 0 Å². The van der Waals surface area contributed by atoms with Crippen molar-refractivity contribution in [1.29, 1.82) is 0 Å². The van der Waals surface area contributed by atoms with Gasteiger partial charge in [-0.3, -0.25) is 0 Å². The molecule has 0 atom stereocenters. The molecule has 64 valence electrons. The molecule has 1 aromatic rings. The van der Waals surface area contributed by atoms with Crippen LogP contribution in [0.15, 0.2) is 36.4 Å². The van der Waals surface area contributed by atoms with Gasteiger partial charge in [-0.15, -0.1) is 0 Å². The number of fused-ring (bicyclic) bond motifs is 1. The van der Waals surface area contributed by atoms with Crippen molar-refractivity contribution in [3.05, 3.63) is 47.5 Å². The molecule has 1 nitrogen and oxygen atoms in total. The maximum absolute atomic E-state index is 10.3. The minimum absolute atomic E-state index is 1.01. The third-order valence-electron chi connectivity index (χ3n) is 2.32. The normalized spacial score (nSPS) is 14.0. The van der Waals surface area contributed by atoms with E-state index in [4.69, 9.17) is 0 Å². The Hall–Kier alpha value is -1.59. The molecule has 0 saturated carbocycles. The lowest BCUT2D eigenvalue weighted by molar-refractivity contribution is 0.569. The van der Waals surface area contributed by atoms with E-state index >= 15 is 0 Å². The largest absolute Gasteiger partial charge is 0.233 e. The quantitative estimate of drug-likeness (QED) is 0.591. The first kappa shape index (κ1) is 8.03. The van der Waals surface area contributed by atoms with Gasteiger partial charge in [0.25, 0.3) is 0 Å². The molecule has 0 fully saturated rings. The molecule has 1 aromatic carbocycles. The van der Waals surface area contributed by atoms with E-state index in [2.05, 4.69) is 12.1 Å². The smallest absolute Gasteiger partial charge is 0.125 e. The number of aryl methyl sites for hydroxylation is 1. The molecule has 0 heterocycles. The highest BCUT2D eigenvalue weighted by molar-refractivity contribution is 5.83. The number of hydrogen-bond acceptors (Lipinski definition) is 1. The second-order valence-corrected chi connectivity index (χ2v) is 3.12. The fraction of sp³-hybridized carbons (Fsp3) is 0.167. The zero-order valence-electron chi connectivity index (χ0n) is 7.29. The third kappa shape index (κ3) is 1.47. The Morgan fingerprint density at radius 1 is 1.31 bits per heavy atom. The van der Waals surface area contributed by atoms with Crippen LogP contribution < -0.4 is 0 Å². The Balaban J connectivity index is 2.53. The summed E-state index contributed by atoms with van der Waals surface area (Å²) in [6.45, 7) is 0. The molecular formula is C12H10O. The van der Waals surface area contributed by atoms with E-state index in [0.29, 0.717) is 0 Å². The van der Waals surface area contributed by atoms with E-state index < -0.39 is 0 Å². The van der Waals surface area contributed by atoms with Gasteiger partial charge in [-0.05, 0) is 29.5 Å². The standard InChI is InChI=1S/C12H10O/c13-9-8-11-6-3-5-10-4-1-2-7-12(10)11/h1-2,4,6-8H,3,5H2. The highest BCUT2D eigenvalue weighted by Crippen LogP contribution is 2.26. The summed E-state index contributed by atoms with van der Waals surface area (Å²) in [5.41, 5.74) is 3.51. The number of allylic oxidation sites excluding steroid dienone is 3. The molecule has 13 heavy (non-hydrogen) atoms. The highest BCUT2D eigenvalue weighted by atomic mass is 16.1. The monoisotopic (exact) mass is 170 g/mol. The Morgan fingerprint density at radius 3 is 3.00 bits per heavy atom. The van der Waals surface area contributed by atoms with Gasteiger partial charge in [0.2, 0.25) is 0 Å². The fourth-order valence-electron chi connectivity index (χ4n) is 1.71. The van der Waals surface area contributed by atoms with Gasteiger partial charge in [0.1, 0.15) is 5.94 Å². The van der Waals surface area contributed by atoms with Crippen LogP contribution >= 0.6 is 0 Å². The first-order valence-electron chi connectivity index (χ1n) is 4.41. The fourth-order valence-corrected chi connectivity index (χ4v) is 1.71. The maximum Gasteiger partial charge on any atom is 0.125 e. The Kier molecular flexibility index (Phi) is 2.11. The number of carbonyl (C=O) groups excluding carboxylic acids is 1. The van der Waals surface area contributed by atoms with Crippen molar-refractivity contribution in [2.45, 2.75) is 12.8 Å². The predicted octanol–water partition coefficient (Wildman–Crippen LogP) is 2.40. The molecule has 0 aromatic heterocycles. The summed E-state index contributed by atoms with van der Waals surface area (Å²) < 4.78 is 0. The minimum atomic E-state index is 1.01. The topological polar surface area (TPSA) is 17.1 Å². The Bertz CT molecular complexity index is 395. The van der Waals surface area contributed by atoms with E-state index in [1.807, 2.05) is 24.1 Å². The summed E-state index contributed by atoms with van der Waals surface area (Å²) in [4.78, 5) is 10.3. The van der Waals surface area contributed by atoms with E-state index in [9.17, 15) is 4.79 Å². The molecular weight excluding hydrogens is 160 g/mol. The van der Waals surface area contributed by atoms with Gasteiger partial charge in [-0.2, -0.15) is 0 Å². The Morgan fingerprint density at radius 2 is 2.15 bits per heavy atom. The van der Waals surface area contributed by atoms with Crippen molar-refractivity contribution in [2.24, 2.45) is 0 Å². The van der Waals surface area contributed by atoms with E-state index in [1.165, 1.54) is 17.2 Å². The lowest BCUT2D eigenvalue weighted by Gasteiger charge is -2.13. The lowest BCUT2D eigenvalue weighted by Crippen LogP contribution is -1.97. The van der Waals surface area contributed by atoms with Crippen molar-refractivity contribution in [3.8, 4) is 0 Å². The van der Waals surface area contributed by atoms with Gasteiger partial charge in [-0.1, -0.05) is 30.3 Å². The van der Waals surface area contributed by atoms with Crippen LogP contribution in [0.3, 0.4) is 0 Å². The molecule has 0 N–H and O–H groups in total. The van der Waals surface area contributed by atoms with Crippen LogP contribution in [0.1, 0.15) is 17.5 Å². The maximum atomic E-state index is 10.3. The molecule has 2 rings (SSSR count). The van der Waals surface area contributed by atoms with Gasteiger partial charge < -0.3 is 0 Å². The van der Waals surface area contributed by atoms with Crippen LogP contribution in [0.5, 0.6) is 0 Å².